The minimum Gasteiger partial charge on any atom is -0.463 e. The van der Waals surface area contributed by atoms with Crippen molar-refractivity contribution in [2.45, 2.75) is 19.9 Å². The number of allylic oxidation sites excluding steroid dienone is 1. The van der Waals surface area contributed by atoms with E-state index < -0.39 is 18.0 Å². The van der Waals surface area contributed by atoms with Crippen LogP contribution in [-0.4, -0.2) is 33.7 Å². The van der Waals surface area contributed by atoms with Crippen LogP contribution in [0.15, 0.2) is 40.0 Å². The summed E-state index contributed by atoms with van der Waals surface area (Å²) in [4.78, 5) is 25.4. The third kappa shape index (κ3) is 3.68. The number of hydrogen-bond acceptors (Lipinski definition) is 7. The standard InChI is InChI=1S/C17H16BrFN4O2S/c1-3-25-17(24)13-11(8-18)22-15(16-20-6-7-26-16)23-14(13)10-4-5-12(19)21-9(10)2/h4-7,14H,3,8H2,1-2H3,(H,22,23). The molecule has 2 aromatic rings. The number of ether oxygens (including phenoxy) is 1. The van der Waals surface area contributed by atoms with Crippen LogP contribution < -0.4 is 5.32 Å². The van der Waals surface area contributed by atoms with Crippen LogP contribution in [0.25, 0.3) is 0 Å². The maximum Gasteiger partial charge on any atom is 0.338 e. The Labute approximate surface area is 162 Å². The first-order valence-corrected chi connectivity index (χ1v) is 9.89. The summed E-state index contributed by atoms with van der Waals surface area (Å²) in [6.45, 7) is 3.68. The van der Waals surface area contributed by atoms with Crippen molar-refractivity contribution in [1.29, 1.82) is 0 Å². The Morgan fingerprint density at radius 3 is 2.88 bits per heavy atom. The first kappa shape index (κ1) is 18.7. The molecule has 1 N–H and O–H groups in total. The second-order valence-corrected chi connectivity index (χ2v) is 6.85. The van der Waals surface area contributed by atoms with E-state index in [2.05, 4.69) is 36.2 Å². The van der Waals surface area contributed by atoms with Crippen LogP contribution in [0.4, 0.5) is 4.39 Å². The zero-order chi connectivity index (χ0) is 18.7. The van der Waals surface area contributed by atoms with Gasteiger partial charge >= 0.3 is 5.97 Å². The number of aliphatic imine (C=N–C) groups is 1. The van der Waals surface area contributed by atoms with Crippen molar-refractivity contribution < 1.29 is 13.9 Å². The second-order valence-electron chi connectivity index (χ2n) is 5.40. The van der Waals surface area contributed by atoms with Crippen molar-refractivity contribution in [2.24, 2.45) is 4.99 Å². The van der Waals surface area contributed by atoms with Crippen LogP contribution in [-0.2, 0) is 9.53 Å². The number of esters is 1. The van der Waals surface area contributed by atoms with Gasteiger partial charge in [0.2, 0.25) is 5.95 Å². The van der Waals surface area contributed by atoms with Gasteiger partial charge in [0, 0.05) is 33.9 Å². The average molecular weight is 439 g/mol. The van der Waals surface area contributed by atoms with Crippen molar-refractivity contribution in [3.8, 4) is 0 Å². The molecule has 3 heterocycles. The molecule has 0 bridgehead atoms. The minimum absolute atomic E-state index is 0.244. The fourth-order valence-electron chi connectivity index (χ4n) is 2.65. The summed E-state index contributed by atoms with van der Waals surface area (Å²) in [6, 6.07) is 2.20. The van der Waals surface area contributed by atoms with Gasteiger partial charge in [0.15, 0.2) is 10.8 Å². The number of alkyl halides is 1. The lowest BCUT2D eigenvalue weighted by molar-refractivity contribution is -0.138. The third-order valence-electron chi connectivity index (χ3n) is 3.78. The molecule has 0 saturated heterocycles. The molecule has 0 aromatic carbocycles. The number of nitrogens with zero attached hydrogens (tertiary/aromatic N) is 3. The Morgan fingerprint density at radius 2 is 2.27 bits per heavy atom. The van der Waals surface area contributed by atoms with Crippen LogP contribution >= 0.6 is 27.3 Å². The zero-order valence-electron chi connectivity index (χ0n) is 14.1. The van der Waals surface area contributed by atoms with E-state index in [0.717, 1.165) is 0 Å². The summed E-state index contributed by atoms with van der Waals surface area (Å²) in [5.74, 6) is -0.493. The number of hydrogen-bond donors (Lipinski definition) is 1. The second kappa shape index (κ2) is 8.05. The van der Waals surface area contributed by atoms with E-state index in [0.29, 0.717) is 38.7 Å². The average Bonchev–Trinajstić information content (AvgIpc) is 3.15. The maximum absolute atomic E-state index is 13.5. The molecular formula is C17H16BrFN4O2S. The number of rotatable bonds is 5. The lowest BCUT2D eigenvalue weighted by Gasteiger charge is -2.26. The van der Waals surface area contributed by atoms with E-state index in [-0.39, 0.29) is 6.61 Å². The van der Waals surface area contributed by atoms with Gasteiger partial charge in [-0.05, 0) is 19.9 Å². The van der Waals surface area contributed by atoms with E-state index in [1.165, 1.54) is 17.4 Å². The summed E-state index contributed by atoms with van der Waals surface area (Å²) in [6.07, 6.45) is 1.68. The number of aromatic nitrogens is 2. The SMILES string of the molecule is CCOC(=O)C1=C(CBr)NC(c2nccs2)=NC1c1ccc(F)nc1C. The van der Waals surface area contributed by atoms with Crippen LogP contribution in [0.5, 0.6) is 0 Å². The van der Waals surface area contributed by atoms with Gasteiger partial charge in [-0.3, -0.25) is 4.99 Å². The summed E-state index contributed by atoms with van der Waals surface area (Å²) in [7, 11) is 0. The fourth-order valence-corrected chi connectivity index (χ4v) is 3.68. The van der Waals surface area contributed by atoms with Gasteiger partial charge in [-0.2, -0.15) is 4.39 Å². The largest absolute Gasteiger partial charge is 0.463 e. The monoisotopic (exact) mass is 438 g/mol. The summed E-state index contributed by atoms with van der Waals surface area (Å²) >= 11 is 4.85. The van der Waals surface area contributed by atoms with E-state index in [4.69, 9.17) is 4.74 Å². The number of pyridine rings is 1. The number of carbonyl (C=O) groups excluding carboxylic acids is 1. The number of thiazole rings is 1. The highest BCUT2D eigenvalue weighted by Gasteiger charge is 2.33. The minimum atomic E-state index is -0.658. The van der Waals surface area contributed by atoms with Crippen molar-refractivity contribution in [3.63, 3.8) is 0 Å². The molecule has 3 rings (SSSR count). The first-order valence-electron chi connectivity index (χ1n) is 7.89. The van der Waals surface area contributed by atoms with Gasteiger partial charge < -0.3 is 10.1 Å². The fraction of sp³-hybridized carbons (Fsp3) is 0.294. The van der Waals surface area contributed by atoms with E-state index in [9.17, 15) is 9.18 Å². The predicted octanol–water partition coefficient (Wildman–Crippen LogP) is 3.29. The van der Waals surface area contributed by atoms with Gasteiger partial charge in [0.25, 0.3) is 0 Å². The third-order valence-corrected chi connectivity index (χ3v) is 5.12. The van der Waals surface area contributed by atoms with Crippen LogP contribution in [0.3, 0.4) is 0 Å². The molecule has 26 heavy (non-hydrogen) atoms. The molecule has 1 aliphatic heterocycles. The van der Waals surface area contributed by atoms with E-state index >= 15 is 0 Å². The highest BCUT2D eigenvalue weighted by molar-refractivity contribution is 9.09. The molecule has 6 nitrogen and oxygen atoms in total. The van der Waals surface area contributed by atoms with E-state index in [1.807, 2.05) is 5.38 Å². The molecule has 9 heteroatoms. The highest BCUT2D eigenvalue weighted by Crippen LogP contribution is 2.34. The first-order chi connectivity index (χ1) is 12.5. The molecule has 136 valence electrons. The van der Waals surface area contributed by atoms with Crippen LogP contribution in [0.1, 0.15) is 29.2 Å². The van der Waals surface area contributed by atoms with Gasteiger partial charge in [0.1, 0.15) is 6.04 Å². The van der Waals surface area contributed by atoms with Crippen LogP contribution in [0.2, 0.25) is 0 Å². The molecule has 0 radical (unpaired) electrons. The molecule has 1 unspecified atom stereocenters. The topological polar surface area (TPSA) is 76.5 Å². The normalized spacial score (nSPS) is 16.9. The lowest BCUT2D eigenvalue weighted by atomic mass is 9.95. The van der Waals surface area contributed by atoms with Crippen molar-refractivity contribution in [1.82, 2.24) is 15.3 Å². The molecule has 0 amide bonds. The summed E-state index contributed by atoms with van der Waals surface area (Å²) in [5, 5.41) is 6.10. The number of nitrogens with one attached hydrogen (secondary N) is 1. The molecule has 0 fully saturated rings. The number of amidine groups is 1. The predicted molar refractivity (Wildman–Crippen MR) is 101 cm³/mol. The molecule has 1 aliphatic rings. The molecular weight excluding hydrogens is 423 g/mol. The Balaban J connectivity index is 2.15. The Kier molecular flexibility index (Phi) is 5.77. The Hall–Kier alpha value is -2.13. The number of carbonyl (C=O) groups is 1. The molecule has 2 aromatic heterocycles. The van der Waals surface area contributed by atoms with Crippen molar-refractivity contribution in [3.05, 3.63) is 57.2 Å². The van der Waals surface area contributed by atoms with E-state index in [1.54, 1.807) is 26.1 Å². The highest BCUT2D eigenvalue weighted by atomic mass is 79.9. The summed E-state index contributed by atoms with van der Waals surface area (Å²) in [5.41, 5.74) is 2.12. The molecule has 0 spiro atoms. The Morgan fingerprint density at radius 1 is 1.46 bits per heavy atom. The summed E-state index contributed by atoms with van der Waals surface area (Å²) < 4.78 is 18.7. The van der Waals surface area contributed by atoms with Gasteiger partial charge in [-0.15, -0.1) is 11.3 Å². The molecule has 0 aliphatic carbocycles. The van der Waals surface area contributed by atoms with Gasteiger partial charge in [-0.1, -0.05) is 22.0 Å². The Bertz CT molecular complexity index is 883. The van der Waals surface area contributed by atoms with Crippen molar-refractivity contribution >= 4 is 39.1 Å². The maximum atomic E-state index is 13.5. The quantitative estimate of drug-likeness (QED) is 0.440. The molecule has 0 saturated carbocycles. The lowest BCUT2D eigenvalue weighted by Crippen LogP contribution is -2.34. The number of halogens is 2. The van der Waals surface area contributed by atoms with Crippen molar-refractivity contribution in [2.75, 3.05) is 11.9 Å². The van der Waals surface area contributed by atoms with Crippen LogP contribution in [0, 0.1) is 12.9 Å². The zero-order valence-corrected chi connectivity index (χ0v) is 16.5. The smallest absolute Gasteiger partial charge is 0.338 e. The van der Waals surface area contributed by atoms with Gasteiger partial charge in [0.05, 0.1) is 12.2 Å². The molecule has 1 atom stereocenters. The number of aryl methyl sites for hydroxylation is 1. The van der Waals surface area contributed by atoms with Gasteiger partial charge in [-0.25, -0.2) is 14.8 Å².